The van der Waals surface area contributed by atoms with E-state index in [1.54, 1.807) is 0 Å². The fourth-order valence-corrected chi connectivity index (χ4v) is 9.57. The first-order valence-corrected chi connectivity index (χ1v) is 14.1. The van der Waals surface area contributed by atoms with Crippen LogP contribution in [0.5, 0.6) is 0 Å². The van der Waals surface area contributed by atoms with Gasteiger partial charge in [0.1, 0.15) is 0 Å². The maximum Gasteiger partial charge on any atom is 0.0425 e. The van der Waals surface area contributed by atoms with Crippen LogP contribution in [0.3, 0.4) is 0 Å². The van der Waals surface area contributed by atoms with Gasteiger partial charge in [-0.3, -0.25) is 4.74 Å². The van der Waals surface area contributed by atoms with Gasteiger partial charge in [-0.25, -0.2) is 0 Å². The van der Waals surface area contributed by atoms with Gasteiger partial charge in [-0.05, 0) is 76.1 Å². The topological polar surface area (TPSA) is 12.4 Å². The Morgan fingerprint density at radius 3 is 1.53 bits per heavy atom. The van der Waals surface area contributed by atoms with Crippen LogP contribution in [0, 0.1) is 17.8 Å². The van der Waals surface area contributed by atoms with Gasteiger partial charge >= 0.3 is 0 Å². The van der Waals surface area contributed by atoms with Gasteiger partial charge in [-0.15, -0.1) is 0 Å². The van der Waals surface area contributed by atoms with Crippen LogP contribution < -0.4 is 0 Å². The molecule has 0 aromatic heterocycles. The summed E-state index contributed by atoms with van der Waals surface area (Å²) in [5.41, 5.74) is 4.17. The van der Waals surface area contributed by atoms with Crippen molar-refractivity contribution in [1.82, 2.24) is 0 Å². The molecule has 0 saturated heterocycles. The Kier molecular flexibility index (Phi) is 18.7. The van der Waals surface area contributed by atoms with E-state index in [1.165, 1.54) is 35.3 Å². The molecule has 0 bridgehead atoms. The third kappa shape index (κ3) is 14.8. The Labute approximate surface area is 204 Å². The van der Waals surface area contributed by atoms with Gasteiger partial charge in [-0.2, -0.15) is 0 Å². The predicted octanol–water partition coefficient (Wildman–Crippen LogP) is 9.70. The van der Waals surface area contributed by atoms with Crippen molar-refractivity contribution >= 4 is 7.05 Å². The molecule has 0 aromatic carbocycles. The molecule has 0 fully saturated rings. The zero-order chi connectivity index (χ0) is 22.4. The van der Waals surface area contributed by atoms with Crippen molar-refractivity contribution in [3.8, 4) is 0 Å². The van der Waals surface area contributed by atoms with Crippen LogP contribution >= 0.6 is 7.05 Å². The molecule has 0 aromatic rings. The van der Waals surface area contributed by atoms with E-state index in [4.69, 9.17) is 4.74 Å². The molecule has 1 nitrogen and oxygen atoms in total. The second-order valence-electron chi connectivity index (χ2n) is 9.81. The van der Waals surface area contributed by atoms with Crippen molar-refractivity contribution in [2.45, 2.75) is 88.5 Å². The van der Waals surface area contributed by atoms with Crippen molar-refractivity contribution in [2.24, 2.45) is 22.5 Å². The van der Waals surface area contributed by atoms with E-state index in [9.17, 15) is 0 Å². The number of hydrogen-bond donors (Lipinski definition) is 0. The average Bonchev–Trinajstić information content (AvgIpc) is 3.06. The van der Waals surface area contributed by atoms with Gasteiger partial charge in [0, 0.05) is 33.8 Å². The quantitative estimate of drug-likeness (QED) is 0.172. The molecule has 1 aliphatic rings. The normalized spacial score (nSPS) is 14.6. The Morgan fingerprint density at radius 1 is 0.867 bits per heavy atom. The number of nitrogens with zero attached hydrogens (tertiary/aromatic N) is 1. The van der Waals surface area contributed by atoms with Crippen LogP contribution in [0.25, 0.3) is 0 Å². The SMILES string of the molecule is CC(C)CP(CC(C)C)(CC(C)C)=NC1=CC=CC1.CCC=C(C)C(C)=CCC.[Ti]. The fraction of sp³-hybridized carbons (Fsp3) is 0.704. The minimum Gasteiger partial charge on any atom is -0.272 e. The molecule has 172 valence electrons. The first kappa shape index (κ1) is 32.1. The van der Waals surface area contributed by atoms with E-state index in [0.717, 1.165) is 37.0 Å². The minimum absolute atomic E-state index is 0. The molecule has 0 N–H and O–H groups in total. The summed E-state index contributed by atoms with van der Waals surface area (Å²) in [4.78, 5) is 0. The van der Waals surface area contributed by atoms with Crippen LogP contribution in [0.15, 0.2) is 52.0 Å². The van der Waals surface area contributed by atoms with Crippen LogP contribution in [0.1, 0.15) is 88.5 Å². The van der Waals surface area contributed by atoms with Crippen LogP contribution in [0.2, 0.25) is 0 Å². The maximum atomic E-state index is 5.34. The molecule has 0 radical (unpaired) electrons. The van der Waals surface area contributed by atoms with E-state index >= 15 is 0 Å². The third-order valence-electron chi connectivity index (χ3n) is 4.85. The molecule has 0 saturated carbocycles. The standard InChI is InChI=1S/C17H32NP.C10H18.Ti/c1-14(2)11-19(12-15(3)4,13-16(5)6)18-17-9-7-8-10-17;1-5-7-9(3)10(4)8-6-2;/h7-9,14-16H,10-13H2,1-6H3;7-8H,5-6H2,1-4H3;. The van der Waals surface area contributed by atoms with E-state index in [-0.39, 0.29) is 21.7 Å². The third-order valence-corrected chi connectivity index (χ3v) is 9.76. The summed E-state index contributed by atoms with van der Waals surface area (Å²) in [6.45, 7) is 22.8. The van der Waals surface area contributed by atoms with Gasteiger partial charge in [-0.1, -0.05) is 90.8 Å². The van der Waals surface area contributed by atoms with Crippen LogP contribution in [-0.2, 0) is 21.7 Å². The molecule has 1 rings (SSSR count). The first-order valence-electron chi connectivity index (χ1n) is 11.8. The Morgan fingerprint density at radius 2 is 1.27 bits per heavy atom. The predicted molar refractivity (Wildman–Crippen MR) is 138 cm³/mol. The summed E-state index contributed by atoms with van der Waals surface area (Å²) in [5.74, 6) is 2.26. The molecule has 3 heteroatoms. The van der Waals surface area contributed by atoms with Crippen LogP contribution in [-0.4, -0.2) is 18.5 Å². The van der Waals surface area contributed by atoms with E-state index in [0.29, 0.717) is 0 Å². The smallest absolute Gasteiger partial charge is 0.0425 e. The molecule has 1 aliphatic carbocycles. The number of hydrogen-bond acceptors (Lipinski definition) is 1. The first-order chi connectivity index (χ1) is 13.5. The van der Waals surface area contributed by atoms with Gasteiger partial charge in [0.2, 0.25) is 0 Å². The second-order valence-corrected chi connectivity index (χ2v) is 13.3. The Balaban J connectivity index is 0. The molecular weight excluding hydrogens is 417 g/mol. The summed E-state index contributed by atoms with van der Waals surface area (Å²) < 4.78 is 5.34. The van der Waals surface area contributed by atoms with Gasteiger partial charge < -0.3 is 0 Å². The fourth-order valence-electron chi connectivity index (χ4n) is 4.10. The molecule has 0 atom stereocenters. The van der Waals surface area contributed by atoms with Gasteiger partial charge in [0.15, 0.2) is 0 Å². The Bertz CT molecular complexity index is 582. The number of allylic oxidation sites excluding steroid dienone is 7. The van der Waals surface area contributed by atoms with E-state index in [1.807, 2.05) is 0 Å². The van der Waals surface area contributed by atoms with E-state index in [2.05, 4.69) is 99.6 Å². The van der Waals surface area contributed by atoms with Crippen molar-refractivity contribution in [3.05, 3.63) is 47.2 Å². The van der Waals surface area contributed by atoms with E-state index < -0.39 is 7.05 Å². The molecular formula is C27H50NPTi. The van der Waals surface area contributed by atoms with Crippen molar-refractivity contribution in [2.75, 3.05) is 18.5 Å². The zero-order valence-electron chi connectivity index (χ0n) is 21.8. The molecule has 0 spiro atoms. The molecule has 30 heavy (non-hydrogen) atoms. The van der Waals surface area contributed by atoms with Crippen molar-refractivity contribution in [3.63, 3.8) is 0 Å². The molecule has 0 aliphatic heterocycles. The molecule has 0 heterocycles. The second kappa shape index (κ2) is 17.5. The van der Waals surface area contributed by atoms with Gasteiger partial charge in [0.05, 0.1) is 0 Å². The minimum atomic E-state index is -1.20. The summed E-state index contributed by atoms with van der Waals surface area (Å²) in [7, 11) is -1.20. The zero-order valence-corrected chi connectivity index (χ0v) is 24.2. The largest absolute Gasteiger partial charge is 0.272 e. The maximum absolute atomic E-state index is 5.34. The summed E-state index contributed by atoms with van der Waals surface area (Å²) in [6.07, 6.45) is 18.4. The average molecular weight is 468 g/mol. The van der Waals surface area contributed by atoms with Crippen LogP contribution in [0.4, 0.5) is 0 Å². The van der Waals surface area contributed by atoms with Gasteiger partial charge in [0.25, 0.3) is 0 Å². The summed E-state index contributed by atoms with van der Waals surface area (Å²) >= 11 is 0. The van der Waals surface area contributed by atoms with Crippen molar-refractivity contribution < 1.29 is 21.7 Å². The summed E-state index contributed by atoms with van der Waals surface area (Å²) in [5, 5.41) is 0. The van der Waals surface area contributed by atoms with Crippen molar-refractivity contribution in [1.29, 1.82) is 0 Å². The summed E-state index contributed by atoms with van der Waals surface area (Å²) in [6, 6.07) is 0. The monoisotopic (exact) mass is 467 g/mol. The molecule has 0 unspecified atom stereocenters. The Hall–Kier alpha value is -0.0957. The molecule has 0 amide bonds. The number of rotatable bonds is 10.